The van der Waals surface area contributed by atoms with Gasteiger partial charge in [0.05, 0.1) is 36.3 Å². The van der Waals surface area contributed by atoms with Crippen LogP contribution >= 0.6 is 12.4 Å². The number of carboxylic acids is 1. The zero-order valence-corrected chi connectivity index (χ0v) is 44.9. The molecule has 7 N–H and O–H groups in total. The molecular formula is C55H61ClN12O11. The van der Waals surface area contributed by atoms with Gasteiger partial charge < -0.3 is 40.4 Å². The number of pyridine rings is 3. The standard InChI is InChI=1S/C20H19N5O3.C15H20N2O4.C10H9N3O2.C10H12N2O2.ClH/c1-12-18(15(26)11-14-16(28-12)8-5-9-21-14)23-20(27)19-22-17(24-25-19)10-13-6-3-2-4-7-13;1-9-13(17-14(19)21-15(2,3)4)11(18)8-10-12(20-9)6-5-7-16-10;14-10(15)9-11-8(12-13-9)6-7-4-2-1-3-5-7;1-6-10(11)8(13)5-7-9(14-6)3-2-4-12-7;/h2-9,12,18H,10-11H2,1H3,(H,23,27)(H,22,24,25);5-7,9,13H,8H2,1-4H3,(H,17,19);1-5H,6H2,(H,14,15)(H,11,12,13);2-4,6,10H,5,11H2,1H3;1H/t12-,18-;9-,13-;;6-,10-;/m00.0./s1. The predicted octanol–water partition coefficient (Wildman–Crippen LogP) is 5.17. The SMILES string of the molecule is C[C@@H]1Oc2cccnc2CC(=O)[C@H]1N.C[C@@H]1Oc2cccnc2CC(=O)[C@H]1NC(=O)OC(C)(C)C.C[C@@H]1Oc2cccnc2CC(=O)[C@H]1NC(=O)c1n[nH]c(Cc2ccccc2)n1.Cl.O=C(O)c1n[nH]c(Cc2ccccc2)n1. The molecule has 0 bridgehead atoms. The Hall–Kier alpha value is -8.96. The van der Waals surface area contributed by atoms with Crippen molar-refractivity contribution in [2.24, 2.45) is 5.73 Å². The first-order chi connectivity index (χ1) is 37.3. The number of carbonyl (C=O) groups is 6. The smallest absolute Gasteiger partial charge is 0.408 e. The van der Waals surface area contributed by atoms with Crippen molar-refractivity contribution < 1.29 is 52.8 Å². The second-order valence-electron chi connectivity index (χ2n) is 19.2. The molecule has 2 amide bonds. The number of Topliss-reactive ketones (excluding diaryl/α,β-unsaturated/α-hetero) is 3. The Balaban J connectivity index is 0.000000176. The number of alkyl carbamates (subject to hydrolysis) is 1. The summed E-state index contributed by atoms with van der Waals surface area (Å²) in [4.78, 5) is 91.9. The molecule has 0 aliphatic carbocycles. The largest absolute Gasteiger partial charge is 0.487 e. The first kappa shape index (κ1) is 59.3. The van der Waals surface area contributed by atoms with Crippen LogP contribution < -0.4 is 30.6 Å². The van der Waals surface area contributed by atoms with Gasteiger partial charge in [-0.3, -0.25) is 44.3 Å². The number of carboxylic acid groups (broad SMARTS) is 1. The first-order valence-corrected chi connectivity index (χ1v) is 24.9. The fraction of sp³-hybridized carbons (Fsp3) is 0.327. The average Bonchev–Trinajstić information content (AvgIpc) is 4.07. The number of nitrogens with two attached hydrogens (primary N) is 1. The van der Waals surface area contributed by atoms with E-state index in [9.17, 15) is 28.8 Å². The average molecular weight is 1100 g/mol. The molecule has 6 atom stereocenters. The van der Waals surface area contributed by atoms with Crippen LogP contribution in [-0.4, -0.2) is 128 Å². The molecule has 79 heavy (non-hydrogen) atoms. The molecule has 10 rings (SSSR count). The minimum Gasteiger partial charge on any atom is -0.487 e. The third kappa shape index (κ3) is 17.0. The van der Waals surface area contributed by atoms with Crippen LogP contribution in [0.3, 0.4) is 0 Å². The Morgan fingerprint density at radius 3 is 1.44 bits per heavy atom. The lowest BCUT2D eigenvalue weighted by Gasteiger charge is -2.25. The summed E-state index contributed by atoms with van der Waals surface area (Å²) < 4.78 is 22.2. The molecule has 7 aromatic rings. The summed E-state index contributed by atoms with van der Waals surface area (Å²) in [5, 5.41) is 26.8. The summed E-state index contributed by atoms with van der Waals surface area (Å²) >= 11 is 0. The number of halogens is 1. The maximum Gasteiger partial charge on any atom is 0.408 e. The zero-order valence-electron chi connectivity index (χ0n) is 44.1. The number of hydrogen-bond donors (Lipinski definition) is 6. The molecule has 0 spiro atoms. The second-order valence-corrected chi connectivity index (χ2v) is 19.2. The van der Waals surface area contributed by atoms with Crippen molar-refractivity contribution in [3.05, 3.63) is 167 Å². The normalized spacial score (nSPS) is 19.0. The Morgan fingerprint density at radius 2 is 1.01 bits per heavy atom. The summed E-state index contributed by atoms with van der Waals surface area (Å²) in [6.45, 7) is 10.6. The second kappa shape index (κ2) is 27.4. The highest BCUT2D eigenvalue weighted by Crippen LogP contribution is 2.26. The van der Waals surface area contributed by atoms with E-state index in [0.717, 1.165) is 11.1 Å². The summed E-state index contributed by atoms with van der Waals surface area (Å²) in [5.74, 6) is 0.749. The molecule has 3 aliphatic heterocycles. The van der Waals surface area contributed by atoms with Crippen molar-refractivity contribution in [3.8, 4) is 17.2 Å². The number of hydrogen-bond acceptors (Lipinski definition) is 18. The number of fused-ring (bicyclic) bond motifs is 3. The monoisotopic (exact) mass is 1100 g/mol. The maximum absolute atomic E-state index is 12.6. The van der Waals surface area contributed by atoms with E-state index < -0.39 is 53.9 Å². The van der Waals surface area contributed by atoms with Crippen molar-refractivity contribution in [3.63, 3.8) is 0 Å². The van der Waals surface area contributed by atoms with Gasteiger partial charge in [0.2, 0.25) is 5.82 Å². The Bertz CT molecular complexity index is 3210. The Kier molecular flexibility index (Phi) is 20.5. The predicted molar refractivity (Wildman–Crippen MR) is 287 cm³/mol. The number of aromatic carboxylic acids is 1. The van der Waals surface area contributed by atoms with E-state index in [2.05, 4.69) is 55.9 Å². The van der Waals surface area contributed by atoms with Crippen LogP contribution in [0.15, 0.2) is 116 Å². The summed E-state index contributed by atoms with van der Waals surface area (Å²) in [5.41, 5.74) is 9.03. The number of nitrogens with zero attached hydrogens (tertiary/aromatic N) is 7. The van der Waals surface area contributed by atoms with Gasteiger partial charge in [0.1, 0.15) is 70.9 Å². The van der Waals surface area contributed by atoms with E-state index in [1.54, 1.807) is 90.5 Å². The van der Waals surface area contributed by atoms with E-state index in [0.29, 0.717) is 58.8 Å². The highest BCUT2D eigenvalue weighted by atomic mass is 35.5. The lowest BCUT2D eigenvalue weighted by molar-refractivity contribution is -0.122. The number of aromatic nitrogens is 9. The molecule has 0 fully saturated rings. The zero-order chi connectivity index (χ0) is 55.9. The van der Waals surface area contributed by atoms with Gasteiger partial charge in [-0.05, 0) is 89.1 Å². The number of carbonyl (C=O) groups excluding carboxylic acids is 5. The number of amides is 2. The van der Waals surface area contributed by atoms with Crippen molar-refractivity contribution in [1.29, 1.82) is 0 Å². The lowest BCUT2D eigenvalue weighted by Crippen LogP contribution is -2.50. The molecule has 5 aromatic heterocycles. The molecule has 24 heteroatoms. The van der Waals surface area contributed by atoms with Crippen LogP contribution in [-0.2, 0) is 51.2 Å². The molecule has 0 radical (unpaired) electrons. The number of nitrogens with one attached hydrogen (secondary N) is 4. The van der Waals surface area contributed by atoms with Crippen LogP contribution in [0.5, 0.6) is 17.2 Å². The highest BCUT2D eigenvalue weighted by Gasteiger charge is 2.36. The molecular weight excluding hydrogens is 1040 g/mol. The van der Waals surface area contributed by atoms with E-state index in [4.69, 9.17) is 29.8 Å². The van der Waals surface area contributed by atoms with E-state index in [1.807, 2.05) is 66.7 Å². The van der Waals surface area contributed by atoms with Crippen LogP contribution in [0.25, 0.3) is 0 Å². The van der Waals surface area contributed by atoms with Crippen molar-refractivity contribution in [1.82, 2.24) is 55.9 Å². The minimum absolute atomic E-state index is 0. The van der Waals surface area contributed by atoms with Gasteiger partial charge >= 0.3 is 12.1 Å². The molecule has 0 saturated carbocycles. The summed E-state index contributed by atoms with van der Waals surface area (Å²) in [7, 11) is 0. The molecule has 8 heterocycles. The third-order valence-corrected chi connectivity index (χ3v) is 11.9. The molecule has 2 aromatic carbocycles. The van der Waals surface area contributed by atoms with E-state index in [1.165, 1.54) is 0 Å². The quantitative estimate of drug-likeness (QED) is 0.114. The minimum atomic E-state index is -1.12. The van der Waals surface area contributed by atoms with Gasteiger partial charge in [0.25, 0.3) is 11.7 Å². The topological polar surface area (TPSA) is 331 Å². The molecule has 414 valence electrons. The first-order valence-electron chi connectivity index (χ1n) is 24.9. The van der Waals surface area contributed by atoms with Crippen LogP contribution in [0.2, 0.25) is 0 Å². The fourth-order valence-electron chi connectivity index (χ4n) is 7.98. The molecule has 3 aliphatic rings. The van der Waals surface area contributed by atoms with E-state index >= 15 is 0 Å². The summed E-state index contributed by atoms with van der Waals surface area (Å²) in [6, 6.07) is 27.9. The maximum atomic E-state index is 12.6. The van der Waals surface area contributed by atoms with Crippen LogP contribution in [0.1, 0.15) is 103 Å². The van der Waals surface area contributed by atoms with Gasteiger partial charge in [0, 0.05) is 31.4 Å². The number of benzene rings is 2. The van der Waals surface area contributed by atoms with Gasteiger partial charge in [0.15, 0.2) is 17.3 Å². The van der Waals surface area contributed by atoms with E-state index in [-0.39, 0.29) is 66.8 Å². The van der Waals surface area contributed by atoms with Crippen molar-refractivity contribution in [2.45, 2.75) is 116 Å². The van der Waals surface area contributed by atoms with Crippen molar-refractivity contribution >= 4 is 47.7 Å². The molecule has 0 unspecified atom stereocenters. The Labute approximate surface area is 460 Å². The highest BCUT2D eigenvalue weighted by molar-refractivity contribution is 5.96. The number of ketones is 3. The molecule has 23 nitrogen and oxygen atoms in total. The summed E-state index contributed by atoms with van der Waals surface area (Å²) in [6.07, 6.45) is 4.51. The molecule has 0 saturated heterocycles. The van der Waals surface area contributed by atoms with Gasteiger partial charge in [-0.25, -0.2) is 19.6 Å². The van der Waals surface area contributed by atoms with Crippen LogP contribution in [0.4, 0.5) is 4.79 Å². The van der Waals surface area contributed by atoms with Gasteiger partial charge in [-0.1, -0.05) is 60.7 Å². The van der Waals surface area contributed by atoms with Gasteiger partial charge in [-0.2, -0.15) is 0 Å². The van der Waals surface area contributed by atoms with Gasteiger partial charge in [-0.15, -0.1) is 22.6 Å². The fourth-order valence-corrected chi connectivity index (χ4v) is 7.98. The van der Waals surface area contributed by atoms with Crippen LogP contribution in [0, 0.1) is 0 Å². The number of rotatable bonds is 8. The Morgan fingerprint density at radius 1 is 0.608 bits per heavy atom. The van der Waals surface area contributed by atoms with Crippen molar-refractivity contribution in [2.75, 3.05) is 0 Å². The number of aromatic amines is 2. The number of ether oxygens (including phenoxy) is 4. The number of H-pyrrole nitrogens is 2. The third-order valence-electron chi connectivity index (χ3n) is 11.9. The lowest BCUT2D eigenvalue weighted by atomic mass is 10.0.